The maximum absolute atomic E-state index is 13.0. The first-order chi connectivity index (χ1) is 14.5. The largest absolute Gasteiger partial charge is 0.466 e. The molecular formula is C22H20N2O6. The standard InChI is InChI=1S/C22H20N2O6/c1-13-20(22(27)28-2)16(11-19(25)24(13)15-6-4-3-5-7-15)21(26)23-14-8-9-17-18(10-14)30-12-29-17/h3-10,16H,11-12H2,1-2H3,(H,23,26)/t16-/m0/s1. The highest BCUT2D eigenvalue weighted by Gasteiger charge is 2.40. The summed E-state index contributed by atoms with van der Waals surface area (Å²) >= 11 is 0. The van der Waals surface area contributed by atoms with Crippen LogP contribution in [-0.4, -0.2) is 31.7 Å². The average Bonchev–Trinajstić information content (AvgIpc) is 3.21. The Morgan fingerprint density at radius 1 is 1.10 bits per heavy atom. The number of methoxy groups -OCH3 is 1. The van der Waals surface area contributed by atoms with E-state index in [1.54, 1.807) is 49.4 Å². The first-order valence-electron chi connectivity index (χ1n) is 9.37. The van der Waals surface area contributed by atoms with Crippen LogP contribution in [0.15, 0.2) is 59.8 Å². The Balaban J connectivity index is 1.66. The van der Waals surface area contributed by atoms with Crippen LogP contribution in [0.5, 0.6) is 11.5 Å². The van der Waals surface area contributed by atoms with Crippen molar-refractivity contribution in [2.24, 2.45) is 5.92 Å². The van der Waals surface area contributed by atoms with E-state index in [9.17, 15) is 14.4 Å². The number of ether oxygens (including phenoxy) is 3. The number of para-hydroxylation sites is 1. The molecular weight excluding hydrogens is 388 g/mol. The summed E-state index contributed by atoms with van der Waals surface area (Å²) in [6, 6.07) is 13.9. The fraction of sp³-hybridized carbons (Fsp3) is 0.227. The summed E-state index contributed by atoms with van der Waals surface area (Å²) in [5, 5.41) is 2.76. The number of amides is 2. The van der Waals surface area contributed by atoms with Crippen LogP contribution >= 0.6 is 0 Å². The number of esters is 1. The van der Waals surface area contributed by atoms with Crippen LogP contribution in [-0.2, 0) is 19.1 Å². The number of allylic oxidation sites excluding steroid dienone is 1. The molecule has 30 heavy (non-hydrogen) atoms. The van der Waals surface area contributed by atoms with Crippen LogP contribution in [0, 0.1) is 5.92 Å². The zero-order chi connectivity index (χ0) is 21.3. The van der Waals surface area contributed by atoms with Gasteiger partial charge in [-0.05, 0) is 31.2 Å². The lowest BCUT2D eigenvalue weighted by Gasteiger charge is -2.33. The summed E-state index contributed by atoms with van der Waals surface area (Å²) in [5.41, 5.74) is 1.62. The molecule has 2 amide bonds. The number of carbonyl (C=O) groups is 3. The number of nitrogens with zero attached hydrogens (tertiary/aromatic N) is 1. The van der Waals surface area contributed by atoms with E-state index in [4.69, 9.17) is 14.2 Å². The van der Waals surface area contributed by atoms with Gasteiger partial charge in [0.25, 0.3) is 0 Å². The van der Waals surface area contributed by atoms with Crippen molar-refractivity contribution in [1.82, 2.24) is 0 Å². The highest BCUT2D eigenvalue weighted by molar-refractivity contribution is 6.10. The van der Waals surface area contributed by atoms with E-state index in [1.807, 2.05) is 6.07 Å². The molecule has 0 bridgehead atoms. The van der Waals surface area contributed by atoms with E-state index < -0.39 is 17.8 Å². The second-order valence-corrected chi connectivity index (χ2v) is 6.87. The third-order valence-corrected chi connectivity index (χ3v) is 5.08. The number of anilines is 2. The van der Waals surface area contributed by atoms with E-state index in [1.165, 1.54) is 12.0 Å². The number of nitrogens with one attached hydrogen (secondary N) is 1. The van der Waals surface area contributed by atoms with E-state index in [2.05, 4.69) is 5.32 Å². The summed E-state index contributed by atoms with van der Waals surface area (Å²) in [4.78, 5) is 39.9. The minimum absolute atomic E-state index is 0.119. The maximum atomic E-state index is 13.0. The van der Waals surface area contributed by atoms with Crippen molar-refractivity contribution in [3.8, 4) is 11.5 Å². The lowest BCUT2D eigenvalue weighted by molar-refractivity contribution is -0.138. The summed E-state index contributed by atoms with van der Waals surface area (Å²) < 4.78 is 15.5. The molecule has 2 aliphatic heterocycles. The smallest absolute Gasteiger partial charge is 0.336 e. The predicted molar refractivity (Wildman–Crippen MR) is 108 cm³/mol. The average molecular weight is 408 g/mol. The van der Waals surface area contributed by atoms with E-state index in [-0.39, 0.29) is 24.7 Å². The third-order valence-electron chi connectivity index (χ3n) is 5.08. The fourth-order valence-corrected chi connectivity index (χ4v) is 3.67. The Hall–Kier alpha value is -3.81. The lowest BCUT2D eigenvalue weighted by atomic mass is 9.88. The monoisotopic (exact) mass is 408 g/mol. The van der Waals surface area contributed by atoms with Gasteiger partial charge in [-0.2, -0.15) is 0 Å². The molecule has 2 heterocycles. The molecule has 0 fully saturated rings. The van der Waals surface area contributed by atoms with Crippen molar-refractivity contribution < 1.29 is 28.6 Å². The quantitative estimate of drug-likeness (QED) is 0.782. The lowest BCUT2D eigenvalue weighted by Crippen LogP contribution is -2.43. The van der Waals surface area contributed by atoms with Crippen LogP contribution in [0.25, 0.3) is 0 Å². The van der Waals surface area contributed by atoms with Crippen molar-refractivity contribution in [3.63, 3.8) is 0 Å². The molecule has 0 radical (unpaired) electrons. The Morgan fingerprint density at radius 2 is 1.83 bits per heavy atom. The molecule has 2 aromatic rings. The minimum atomic E-state index is -0.977. The molecule has 1 N–H and O–H groups in total. The Bertz CT molecular complexity index is 1050. The van der Waals surface area contributed by atoms with Crippen molar-refractivity contribution in [2.75, 3.05) is 24.1 Å². The van der Waals surface area contributed by atoms with Crippen molar-refractivity contribution in [1.29, 1.82) is 0 Å². The molecule has 0 saturated heterocycles. The molecule has 8 heteroatoms. The van der Waals surface area contributed by atoms with Crippen LogP contribution in [0.3, 0.4) is 0 Å². The van der Waals surface area contributed by atoms with Gasteiger partial charge in [0.2, 0.25) is 18.6 Å². The van der Waals surface area contributed by atoms with E-state index >= 15 is 0 Å². The van der Waals surface area contributed by atoms with Gasteiger partial charge in [0.05, 0.1) is 18.6 Å². The highest BCUT2D eigenvalue weighted by atomic mass is 16.7. The van der Waals surface area contributed by atoms with Gasteiger partial charge in [0.1, 0.15) is 0 Å². The zero-order valence-electron chi connectivity index (χ0n) is 16.5. The first-order valence-corrected chi connectivity index (χ1v) is 9.37. The Labute approximate surface area is 173 Å². The molecule has 4 rings (SSSR count). The number of carbonyl (C=O) groups excluding carboxylic acids is 3. The summed E-state index contributed by atoms with van der Waals surface area (Å²) in [5.74, 6) is -1.28. The first kappa shape index (κ1) is 19.5. The molecule has 2 aliphatic rings. The summed E-state index contributed by atoms with van der Waals surface area (Å²) in [6.45, 7) is 1.75. The maximum Gasteiger partial charge on any atom is 0.336 e. The van der Waals surface area contributed by atoms with Crippen molar-refractivity contribution in [2.45, 2.75) is 13.3 Å². The normalized spacial score (nSPS) is 17.7. The van der Waals surface area contributed by atoms with Gasteiger partial charge in [-0.3, -0.25) is 14.5 Å². The SMILES string of the molecule is COC(=O)C1=C(C)N(c2ccccc2)C(=O)C[C@@H]1C(=O)Nc1ccc2c(c1)OCO2. The molecule has 0 aromatic heterocycles. The van der Waals surface area contributed by atoms with Gasteiger partial charge < -0.3 is 19.5 Å². The summed E-state index contributed by atoms with van der Waals surface area (Å²) in [6.07, 6.45) is -0.160. The number of rotatable bonds is 4. The number of hydrogen-bond acceptors (Lipinski definition) is 6. The molecule has 0 unspecified atom stereocenters. The van der Waals surface area contributed by atoms with Gasteiger partial charge in [-0.15, -0.1) is 0 Å². The molecule has 0 aliphatic carbocycles. The van der Waals surface area contributed by atoms with Crippen LogP contribution in [0.2, 0.25) is 0 Å². The Kier molecular flexibility index (Phi) is 5.14. The number of benzene rings is 2. The number of hydrogen-bond donors (Lipinski definition) is 1. The van der Waals surface area contributed by atoms with Gasteiger partial charge >= 0.3 is 5.97 Å². The molecule has 154 valence electrons. The zero-order valence-corrected chi connectivity index (χ0v) is 16.5. The van der Waals surface area contributed by atoms with Gasteiger partial charge in [-0.1, -0.05) is 18.2 Å². The molecule has 0 saturated carbocycles. The summed E-state index contributed by atoms with van der Waals surface area (Å²) in [7, 11) is 1.25. The van der Waals surface area contributed by atoms with Crippen molar-refractivity contribution >= 4 is 29.2 Å². The molecule has 0 spiro atoms. The minimum Gasteiger partial charge on any atom is -0.466 e. The van der Waals surface area contributed by atoms with Gasteiger partial charge in [-0.25, -0.2) is 4.79 Å². The van der Waals surface area contributed by atoms with E-state index in [0.29, 0.717) is 28.6 Å². The second kappa shape index (κ2) is 7.90. The third kappa shape index (κ3) is 3.47. The Morgan fingerprint density at radius 3 is 2.57 bits per heavy atom. The fourth-order valence-electron chi connectivity index (χ4n) is 3.67. The topological polar surface area (TPSA) is 94.2 Å². The highest BCUT2D eigenvalue weighted by Crippen LogP contribution is 2.36. The van der Waals surface area contributed by atoms with Crippen LogP contribution in [0.1, 0.15) is 13.3 Å². The van der Waals surface area contributed by atoms with Crippen LogP contribution in [0.4, 0.5) is 11.4 Å². The second-order valence-electron chi connectivity index (χ2n) is 6.87. The molecule has 2 aromatic carbocycles. The molecule has 1 atom stereocenters. The van der Waals surface area contributed by atoms with Gasteiger partial charge in [0, 0.05) is 29.6 Å². The van der Waals surface area contributed by atoms with Gasteiger partial charge in [0.15, 0.2) is 11.5 Å². The number of fused-ring (bicyclic) bond motifs is 1. The van der Waals surface area contributed by atoms with Crippen molar-refractivity contribution in [3.05, 3.63) is 59.8 Å². The van der Waals surface area contributed by atoms with E-state index in [0.717, 1.165) is 0 Å². The van der Waals surface area contributed by atoms with Crippen LogP contribution < -0.4 is 19.7 Å². The predicted octanol–water partition coefficient (Wildman–Crippen LogP) is 2.85. The molecule has 8 nitrogen and oxygen atoms in total.